The van der Waals surface area contributed by atoms with Crippen molar-refractivity contribution in [2.24, 2.45) is 0 Å². The molecule has 3 aromatic rings. The number of hydrogen-bond donors (Lipinski definition) is 1. The molecule has 4 rings (SSSR count). The molecule has 0 saturated carbocycles. The lowest BCUT2D eigenvalue weighted by atomic mass is 10.1. The summed E-state index contributed by atoms with van der Waals surface area (Å²) in [6.07, 6.45) is 3.52. The normalized spacial score (nSPS) is 14.5. The van der Waals surface area contributed by atoms with Crippen molar-refractivity contribution in [2.45, 2.75) is 0 Å². The lowest BCUT2D eigenvalue weighted by Gasteiger charge is -2.34. The number of nitrogens with zero attached hydrogens (tertiary/aromatic N) is 4. The number of aromatic amines is 1. The van der Waals surface area contributed by atoms with Gasteiger partial charge in [-0.1, -0.05) is 0 Å². The molecule has 0 unspecified atom stereocenters. The largest absolute Gasteiger partial charge is 0.352 e. The molecule has 0 atom stereocenters. The molecule has 0 spiro atoms. The van der Waals surface area contributed by atoms with Crippen LogP contribution in [0.15, 0.2) is 54.9 Å². The van der Waals surface area contributed by atoms with Crippen LogP contribution < -0.4 is 4.90 Å². The van der Waals surface area contributed by atoms with Gasteiger partial charge in [-0.15, -0.1) is 0 Å². The molecular weight excluding hydrogens is 333 g/mol. The number of carbonyl (C=O) groups is 1. The van der Waals surface area contributed by atoms with E-state index in [0.717, 1.165) is 17.1 Å². The minimum absolute atomic E-state index is 0.0669. The lowest BCUT2D eigenvalue weighted by Crippen LogP contribution is -2.48. The predicted octanol–water partition coefficient (Wildman–Crippen LogP) is 2.57. The summed E-state index contributed by atoms with van der Waals surface area (Å²) >= 11 is 0. The monoisotopic (exact) mass is 351 g/mol. The van der Waals surface area contributed by atoms with Crippen LogP contribution in [0.5, 0.6) is 0 Å². The number of aromatic nitrogens is 3. The molecule has 0 aliphatic carbocycles. The molecule has 7 heteroatoms. The van der Waals surface area contributed by atoms with Crippen molar-refractivity contribution in [3.05, 3.63) is 66.2 Å². The van der Waals surface area contributed by atoms with Gasteiger partial charge in [0.05, 0.1) is 5.69 Å². The predicted molar refractivity (Wildman–Crippen MR) is 96.3 cm³/mol. The van der Waals surface area contributed by atoms with Crippen molar-refractivity contribution in [3.63, 3.8) is 0 Å². The number of halogens is 1. The fourth-order valence-corrected chi connectivity index (χ4v) is 3.06. The third-order valence-electron chi connectivity index (χ3n) is 4.52. The second-order valence-electron chi connectivity index (χ2n) is 6.17. The maximum atomic E-state index is 13.0. The summed E-state index contributed by atoms with van der Waals surface area (Å²) in [5, 5.41) is 7.42. The Kier molecular flexibility index (Phi) is 4.35. The van der Waals surface area contributed by atoms with E-state index in [-0.39, 0.29) is 11.7 Å². The van der Waals surface area contributed by atoms with Crippen molar-refractivity contribution in [3.8, 4) is 11.3 Å². The second-order valence-corrected chi connectivity index (χ2v) is 6.17. The molecular formula is C19H18FN5O. The fourth-order valence-electron chi connectivity index (χ4n) is 3.06. The molecule has 6 nitrogen and oxygen atoms in total. The van der Waals surface area contributed by atoms with Gasteiger partial charge in [0.1, 0.15) is 5.82 Å². The van der Waals surface area contributed by atoms with Gasteiger partial charge >= 0.3 is 0 Å². The first-order valence-corrected chi connectivity index (χ1v) is 8.46. The second kappa shape index (κ2) is 6.95. The Labute approximate surface area is 150 Å². The summed E-state index contributed by atoms with van der Waals surface area (Å²) < 4.78 is 13.0. The van der Waals surface area contributed by atoms with E-state index in [1.54, 1.807) is 17.3 Å². The van der Waals surface area contributed by atoms with Crippen LogP contribution in [0.2, 0.25) is 0 Å². The average molecular weight is 351 g/mol. The van der Waals surface area contributed by atoms with E-state index in [0.29, 0.717) is 31.7 Å². The molecule has 0 bridgehead atoms. The SMILES string of the molecule is O=C(c1ccc(F)cc1)N1CCN(c2cc(-c3cccnc3)[nH]n2)CC1. The molecule has 2 aromatic heterocycles. The van der Waals surface area contributed by atoms with Gasteiger partial charge in [-0.2, -0.15) is 5.10 Å². The quantitative estimate of drug-likeness (QED) is 0.788. The van der Waals surface area contributed by atoms with Crippen LogP contribution in [-0.4, -0.2) is 52.2 Å². The highest BCUT2D eigenvalue weighted by atomic mass is 19.1. The van der Waals surface area contributed by atoms with Crippen molar-refractivity contribution < 1.29 is 9.18 Å². The van der Waals surface area contributed by atoms with Crippen LogP contribution in [-0.2, 0) is 0 Å². The average Bonchev–Trinajstić information content (AvgIpc) is 3.19. The van der Waals surface area contributed by atoms with Gasteiger partial charge in [-0.05, 0) is 36.4 Å². The van der Waals surface area contributed by atoms with Crippen LogP contribution in [0.25, 0.3) is 11.3 Å². The number of rotatable bonds is 3. The Hall–Kier alpha value is -3.22. The van der Waals surface area contributed by atoms with Gasteiger partial charge in [0.2, 0.25) is 0 Å². The van der Waals surface area contributed by atoms with Gasteiger partial charge in [0, 0.05) is 55.8 Å². The lowest BCUT2D eigenvalue weighted by molar-refractivity contribution is 0.0746. The Morgan fingerprint density at radius 1 is 1.08 bits per heavy atom. The number of carbonyl (C=O) groups excluding carboxylic acids is 1. The van der Waals surface area contributed by atoms with E-state index in [4.69, 9.17) is 0 Å². The topological polar surface area (TPSA) is 65.1 Å². The zero-order chi connectivity index (χ0) is 17.9. The molecule has 132 valence electrons. The summed E-state index contributed by atoms with van der Waals surface area (Å²) in [4.78, 5) is 20.6. The van der Waals surface area contributed by atoms with E-state index in [2.05, 4.69) is 20.1 Å². The summed E-state index contributed by atoms with van der Waals surface area (Å²) in [6.45, 7) is 2.60. The first kappa shape index (κ1) is 16.3. The fraction of sp³-hybridized carbons (Fsp3) is 0.211. The standard InChI is InChI=1S/C19H18FN5O/c20-16-5-3-14(4-6-16)19(26)25-10-8-24(9-11-25)18-12-17(22-23-18)15-2-1-7-21-13-15/h1-7,12-13H,8-11H2,(H,22,23). The van der Waals surface area contributed by atoms with E-state index < -0.39 is 0 Å². The van der Waals surface area contributed by atoms with Crippen LogP contribution in [0.3, 0.4) is 0 Å². The molecule has 0 radical (unpaired) electrons. The molecule has 3 heterocycles. The Balaban J connectivity index is 1.40. The van der Waals surface area contributed by atoms with Crippen LogP contribution in [0, 0.1) is 5.82 Å². The highest BCUT2D eigenvalue weighted by Crippen LogP contribution is 2.22. The number of nitrogens with one attached hydrogen (secondary N) is 1. The summed E-state index contributed by atoms with van der Waals surface area (Å²) in [6, 6.07) is 11.5. The number of anilines is 1. The Morgan fingerprint density at radius 3 is 2.54 bits per heavy atom. The maximum Gasteiger partial charge on any atom is 0.253 e. The number of piperazine rings is 1. The van der Waals surface area contributed by atoms with Crippen molar-refractivity contribution in [1.29, 1.82) is 0 Å². The van der Waals surface area contributed by atoms with Gasteiger partial charge in [0.15, 0.2) is 5.82 Å². The van der Waals surface area contributed by atoms with Gasteiger partial charge in [0.25, 0.3) is 5.91 Å². The van der Waals surface area contributed by atoms with Crippen molar-refractivity contribution in [2.75, 3.05) is 31.1 Å². The number of benzene rings is 1. The number of amides is 1. The molecule has 1 aliphatic rings. The molecule has 1 fully saturated rings. The van der Waals surface area contributed by atoms with Gasteiger partial charge in [-0.25, -0.2) is 4.39 Å². The van der Waals surface area contributed by atoms with Crippen LogP contribution in [0.1, 0.15) is 10.4 Å². The zero-order valence-corrected chi connectivity index (χ0v) is 14.1. The minimum atomic E-state index is -0.339. The van der Waals surface area contributed by atoms with Crippen LogP contribution in [0.4, 0.5) is 10.2 Å². The first-order valence-electron chi connectivity index (χ1n) is 8.46. The number of H-pyrrole nitrogens is 1. The van der Waals surface area contributed by atoms with E-state index in [9.17, 15) is 9.18 Å². The van der Waals surface area contributed by atoms with E-state index in [1.165, 1.54) is 24.3 Å². The Bertz CT molecular complexity index is 886. The highest BCUT2D eigenvalue weighted by molar-refractivity contribution is 5.94. The van der Waals surface area contributed by atoms with Crippen molar-refractivity contribution >= 4 is 11.7 Å². The first-order chi connectivity index (χ1) is 12.7. The zero-order valence-electron chi connectivity index (χ0n) is 14.1. The van der Waals surface area contributed by atoms with Crippen LogP contribution >= 0.6 is 0 Å². The number of hydrogen-bond acceptors (Lipinski definition) is 4. The number of pyridine rings is 1. The highest BCUT2D eigenvalue weighted by Gasteiger charge is 2.23. The van der Waals surface area contributed by atoms with Gasteiger partial charge in [-0.3, -0.25) is 14.9 Å². The third-order valence-corrected chi connectivity index (χ3v) is 4.52. The summed E-state index contributed by atoms with van der Waals surface area (Å²) in [5.41, 5.74) is 2.41. The Morgan fingerprint density at radius 2 is 1.85 bits per heavy atom. The van der Waals surface area contributed by atoms with E-state index >= 15 is 0 Å². The molecule has 1 aliphatic heterocycles. The molecule has 1 saturated heterocycles. The summed E-state index contributed by atoms with van der Waals surface area (Å²) in [5.74, 6) is 0.454. The summed E-state index contributed by atoms with van der Waals surface area (Å²) in [7, 11) is 0. The van der Waals surface area contributed by atoms with E-state index in [1.807, 2.05) is 18.2 Å². The molecule has 1 amide bonds. The smallest absolute Gasteiger partial charge is 0.253 e. The van der Waals surface area contributed by atoms with Gasteiger partial charge < -0.3 is 9.80 Å². The third kappa shape index (κ3) is 3.28. The molecule has 1 N–H and O–H groups in total. The minimum Gasteiger partial charge on any atom is -0.352 e. The molecule has 26 heavy (non-hydrogen) atoms. The van der Waals surface area contributed by atoms with Crippen molar-refractivity contribution in [1.82, 2.24) is 20.1 Å². The maximum absolute atomic E-state index is 13.0. The molecule has 1 aromatic carbocycles.